The number of halogens is 1. The minimum Gasteiger partial charge on any atom is -0.478 e. The van der Waals surface area contributed by atoms with Gasteiger partial charge in [-0.1, -0.05) is 17.7 Å². The van der Waals surface area contributed by atoms with Crippen LogP contribution in [0, 0.1) is 0 Å². The molecule has 1 amide bonds. The first-order valence-corrected chi connectivity index (χ1v) is 8.19. The highest BCUT2D eigenvalue weighted by Gasteiger charge is 2.21. The molecule has 1 N–H and O–H groups in total. The SMILES string of the molecule is O=C(O)/C=C/c1ccc(C(=O)N2CCS(=O)CC2)cc1Cl. The largest absolute Gasteiger partial charge is 0.478 e. The maximum absolute atomic E-state index is 12.3. The Labute approximate surface area is 129 Å². The van der Waals surface area contributed by atoms with Gasteiger partial charge >= 0.3 is 5.97 Å². The first-order chi connectivity index (χ1) is 9.97. The third kappa shape index (κ3) is 4.15. The molecule has 0 spiro atoms. The number of hydrogen-bond donors (Lipinski definition) is 1. The quantitative estimate of drug-likeness (QED) is 0.856. The molecule has 5 nitrogen and oxygen atoms in total. The third-order valence-electron chi connectivity index (χ3n) is 3.12. The number of nitrogens with zero attached hydrogens (tertiary/aromatic N) is 1. The molecular weight excluding hydrogens is 314 g/mol. The van der Waals surface area contributed by atoms with Crippen molar-refractivity contribution in [1.29, 1.82) is 0 Å². The number of carbonyl (C=O) groups is 2. The molecule has 1 heterocycles. The summed E-state index contributed by atoms with van der Waals surface area (Å²) < 4.78 is 11.3. The monoisotopic (exact) mass is 327 g/mol. The van der Waals surface area contributed by atoms with E-state index in [1.807, 2.05) is 0 Å². The summed E-state index contributed by atoms with van der Waals surface area (Å²) in [5.41, 5.74) is 0.982. The van der Waals surface area contributed by atoms with Gasteiger partial charge in [-0.05, 0) is 23.8 Å². The zero-order valence-corrected chi connectivity index (χ0v) is 12.7. The molecule has 1 aliphatic rings. The van der Waals surface area contributed by atoms with Crippen LogP contribution in [0.25, 0.3) is 6.08 Å². The lowest BCUT2D eigenvalue weighted by Crippen LogP contribution is -2.41. The Bertz CT molecular complexity index is 619. The van der Waals surface area contributed by atoms with Gasteiger partial charge in [0.05, 0.1) is 0 Å². The maximum Gasteiger partial charge on any atom is 0.328 e. The predicted octanol–water partition coefficient (Wildman–Crippen LogP) is 1.64. The van der Waals surface area contributed by atoms with Crippen LogP contribution in [-0.2, 0) is 15.6 Å². The zero-order valence-electron chi connectivity index (χ0n) is 11.1. The molecule has 2 rings (SSSR count). The van der Waals surface area contributed by atoms with Gasteiger partial charge < -0.3 is 10.0 Å². The molecule has 0 radical (unpaired) electrons. The summed E-state index contributed by atoms with van der Waals surface area (Å²) in [4.78, 5) is 24.4. The number of aliphatic carboxylic acids is 1. The van der Waals surface area contributed by atoms with Crippen molar-refractivity contribution >= 4 is 40.4 Å². The number of benzene rings is 1. The normalized spacial score (nSPS) is 16.3. The van der Waals surface area contributed by atoms with Gasteiger partial charge in [0.1, 0.15) is 0 Å². The van der Waals surface area contributed by atoms with Crippen LogP contribution >= 0.6 is 11.6 Å². The molecule has 1 fully saturated rings. The number of hydrogen-bond acceptors (Lipinski definition) is 3. The fourth-order valence-electron chi connectivity index (χ4n) is 1.98. The van der Waals surface area contributed by atoms with Crippen molar-refractivity contribution < 1.29 is 18.9 Å². The molecule has 0 bridgehead atoms. The molecule has 0 aromatic heterocycles. The molecule has 0 aliphatic carbocycles. The standard InChI is InChI=1S/C14H14ClNO4S/c15-12-9-11(2-1-10(12)3-4-13(17)18)14(19)16-5-7-21(20)8-6-16/h1-4,9H,5-8H2,(H,17,18)/b4-3+. The van der Waals surface area contributed by atoms with Gasteiger partial charge in [0.2, 0.25) is 0 Å². The van der Waals surface area contributed by atoms with Gasteiger partial charge in [-0.25, -0.2) is 4.79 Å². The fourth-order valence-corrected chi connectivity index (χ4v) is 3.28. The lowest BCUT2D eigenvalue weighted by molar-refractivity contribution is -0.131. The predicted molar refractivity (Wildman–Crippen MR) is 81.9 cm³/mol. The van der Waals surface area contributed by atoms with Crippen LogP contribution in [0.15, 0.2) is 24.3 Å². The average molecular weight is 328 g/mol. The summed E-state index contributed by atoms with van der Waals surface area (Å²) >= 11 is 6.06. The van der Waals surface area contributed by atoms with Gasteiger partial charge in [-0.15, -0.1) is 0 Å². The Hall–Kier alpha value is -1.66. The van der Waals surface area contributed by atoms with Crippen LogP contribution in [0.1, 0.15) is 15.9 Å². The second-order valence-electron chi connectivity index (χ2n) is 4.55. The van der Waals surface area contributed by atoms with E-state index in [0.29, 0.717) is 40.7 Å². The molecule has 0 saturated carbocycles. The lowest BCUT2D eigenvalue weighted by atomic mass is 10.1. The second-order valence-corrected chi connectivity index (χ2v) is 6.65. The first kappa shape index (κ1) is 15.7. The third-order valence-corrected chi connectivity index (χ3v) is 4.72. The van der Waals surface area contributed by atoms with Crippen molar-refractivity contribution in [2.45, 2.75) is 0 Å². The van der Waals surface area contributed by atoms with Gasteiger partial charge in [0, 0.05) is 52.1 Å². The average Bonchev–Trinajstić information content (AvgIpc) is 2.46. The summed E-state index contributed by atoms with van der Waals surface area (Å²) in [6.45, 7) is 0.952. The number of rotatable bonds is 3. The van der Waals surface area contributed by atoms with E-state index in [4.69, 9.17) is 16.7 Å². The highest BCUT2D eigenvalue weighted by molar-refractivity contribution is 7.85. The van der Waals surface area contributed by atoms with Crippen LogP contribution in [-0.4, -0.2) is 50.7 Å². The fraction of sp³-hybridized carbons (Fsp3) is 0.286. The van der Waals surface area contributed by atoms with E-state index in [9.17, 15) is 13.8 Å². The second kappa shape index (κ2) is 6.87. The number of carboxylic acid groups (broad SMARTS) is 1. The topological polar surface area (TPSA) is 74.7 Å². The van der Waals surface area contributed by atoms with Crippen molar-refractivity contribution in [3.8, 4) is 0 Å². The van der Waals surface area contributed by atoms with Crippen molar-refractivity contribution in [2.75, 3.05) is 24.6 Å². The summed E-state index contributed by atoms with van der Waals surface area (Å²) in [7, 11) is -0.834. The molecular formula is C14H14ClNO4S. The number of carbonyl (C=O) groups excluding carboxylic acids is 1. The van der Waals surface area contributed by atoms with Crippen molar-refractivity contribution in [3.63, 3.8) is 0 Å². The highest BCUT2D eigenvalue weighted by Crippen LogP contribution is 2.20. The van der Waals surface area contributed by atoms with Gasteiger partial charge in [-0.2, -0.15) is 0 Å². The molecule has 0 unspecified atom stereocenters. The minimum absolute atomic E-state index is 0.151. The van der Waals surface area contributed by atoms with Crippen LogP contribution in [0.2, 0.25) is 5.02 Å². The zero-order chi connectivity index (χ0) is 15.4. The van der Waals surface area contributed by atoms with E-state index in [-0.39, 0.29) is 5.91 Å². The Morgan fingerprint density at radius 2 is 1.95 bits per heavy atom. The van der Waals surface area contributed by atoms with E-state index < -0.39 is 16.8 Å². The highest BCUT2D eigenvalue weighted by atomic mass is 35.5. The summed E-state index contributed by atoms with van der Waals surface area (Å²) in [6.07, 6.45) is 2.37. The Morgan fingerprint density at radius 3 is 2.52 bits per heavy atom. The molecule has 1 aliphatic heterocycles. The Kier molecular flexibility index (Phi) is 5.14. The smallest absolute Gasteiger partial charge is 0.328 e. The van der Waals surface area contributed by atoms with E-state index in [0.717, 1.165) is 6.08 Å². The first-order valence-electron chi connectivity index (χ1n) is 6.32. The van der Waals surface area contributed by atoms with Crippen molar-refractivity contribution in [1.82, 2.24) is 4.90 Å². The molecule has 21 heavy (non-hydrogen) atoms. The minimum atomic E-state index is -1.06. The molecule has 1 aromatic rings. The summed E-state index contributed by atoms with van der Waals surface area (Å²) in [5.74, 6) is -0.215. The Morgan fingerprint density at radius 1 is 1.29 bits per heavy atom. The summed E-state index contributed by atoms with van der Waals surface area (Å²) in [5, 5.41) is 8.90. The van der Waals surface area contributed by atoms with Crippen molar-refractivity contribution in [2.24, 2.45) is 0 Å². The van der Waals surface area contributed by atoms with Gasteiger partial charge in [0.25, 0.3) is 5.91 Å². The molecule has 1 saturated heterocycles. The van der Waals surface area contributed by atoms with Crippen molar-refractivity contribution in [3.05, 3.63) is 40.4 Å². The molecule has 0 atom stereocenters. The molecule has 112 valence electrons. The Balaban J connectivity index is 2.14. The molecule has 1 aromatic carbocycles. The van der Waals surface area contributed by atoms with Gasteiger partial charge in [0.15, 0.2) is 0 Å². The number of amides is 1. The maximum atomic E-state index is 12.3. The van der Waals surface area contributed by atoms with Crippen LogP contribution in [0.5, 0.6) is 0 Å². The van der Waals surface area contributed by atoms with Crippen LogP contribution in [0.4, 0.5) is 0 Å². The van der Waals surface area contributed by atoms with E-state index >= 15 is 0 Å². The summed E-state index contributed by atoms with van der Waals surface area (Å²) in [6, 6.07) is 4.75. The molecule has 7 heteroatoms. The van der Waals surface area contributed by atoms with Crippen LogP contribution < -0.4 is 0 Å². The van der Waals surface area contributed by atoms with E-state index in [2.05, 4.69) is 0 Å². The number of carboxylic acids is 1. The van der Waals surface area contributed by atoms with Gasteiger partial charge in [-0.3, -0.25) is 9.00 Å². The van der Waals surface area contributed by atoms with E-state index in [1.165, 1.54) is 12.1 Å². The van der Waals surface area contributed by atoms with E-state index in [1.54, 1.807) is 17.0 Å². The lowest BCUT2D eigenvalue weighted by Gasteiger charge is -2.26. The van der Waals surface area contributed by atoms with Crippen LogP contribution in [0.3, 0.4) is 0 Å².